The van der Waals surface area contributed by atoms with Crippen molar-refractivity contribution in [3.8, 4) is 5.75 Å². The van der Waals surface area contributed by atoms with Crippen LogP contribution in [-0.2, 0) is 51.2 Å². The number of fused-ring (bicyclic) bond motifs is 1. The topological polar surface area (TPSA) is 143 Å². The van der Waals surface area contributed by atoms with Gasteiger partial charge in [0.05, 0.1) is 82.1 Å². The standard InChI is InChI=1S/C38H50N2O11S/c1-28-5-12-32(13-6-28)52(43,44)51-22-21-49-35-24-40(38(41)42)25-36(37(35)31-10-7-29(8-11-31)26-47-20-19-46-3)50-27-30-9-14-34-33(23-30)39(16-18-48-34)15-4-17-45-2/h5-14,23,35-37H,4,15-22,24-27H2,1-3H3,(H,41,42)/t35-,36+,37+/m1/s1. The Morgan fingerprint density at radius 3 is 2.27 bits per heavy atom. The number of benzene rings is 3. The van der Waals surface area contributed by atoms with Gasteiger partial charge in [0.25, 0.3) is 10.1 Å². The number of hydrogen-bond acceptors (Lipinski definition) is 11. The zero-order valence-electron chi connectivity index (χ0n) is 30.1. The lowest BCUT2D eigenvalue weighted by molar-refractivity contribution is -0.0922. The quantitative estimate of drug-likeness (QED) is 0.133. The van der Waals surface area contributed by atoms with Gasteiger partial charge in [-0.1, -0.05) is 48.0 Å². The third-order valence-electron chi connectivity index (χ3n) is 9.12. The first-order chi connectivity index (χ1) is 25.2. The first kappa shape index (κ1) is 39.4. The van der Waals surface area contributed by atoms with Crippen molar-refractivity contribution >= 4 is 21.9 Å². The maximum Gasteiger partial charge on any atom is 0.407 e. The molecule has 5 rings (SSSR count). The van der Waals surface area contributed by atoms with Crippen LogP contribution in [0.4, 0.5) is 10.5 Å². The fraction of sp³-hybridized carbons (Fsp3) is 0.500. The lowest BCUT2D eigenvalue weighted by atomic mass is 9.84. The molecule has 13 nitrogen and oxygen atoms in total. The summed E-state index contributed by atoms with van der Waals surface area (Å²) >= 11 is 0. The number of carbonyl (C=O) groups is 1. The molecule has 2 heterocycles. The van der Waals surface area contributed by atoms with E-state index in [0.717, 1.165) is 53.2 Å². The summed E-state index contributed by atoms with van der Waals surface area (Å²) < 4.78 is 65.7. The summed E-state index contributed by atoms with van der Waals surface area (Å²) in [6, 6.07) is 20.3. The molecule has 0 bridgehead atoms. The Hall–Kier alpha value is -3.76. The Labute approximate surface area is 306 Å². The molecule has 1 fully saturated rings. The van der Waals surface area contributed by atoms with Gasteiger partial charge in [-0.3, -0.25) is 4.18 Å². The van der Waals surface area contributed by atoms with Crippen molar-refractivity contribution in [2.45, 2.75) is 49.6 Å². The summed E-state index contributed by atoms with van der Waals surface area (Å²) in [5.74, 6) is 0.436. The number of anilines is 1. The highest BCUT2D eigenvalue weighted by Crippen LogP contribution is 2.36. The summed E-state index contributed by atoms with van der Waals surface area (Å²) in [6.07, 6.45) is -1.45. The van der Waals surface area contributed by atoms with E-state index in [-0.39, 0.29) is 43.7 Å². The number of methoxy groups -OCH3 is 2. The molecular weight excluding hydrogens is 692 g/mol. The van der Waals surface area contributed by atoms with Crippen molar-refractivity contribution in [2.75, 3.05) is 84.9 Å². The fourth-order valence-corrected chi connectivity index (χ4v) is 7.29. The zero-order chi connectivity index (χ0) is 36.9. The highest BCUT2D eigenvalue weighted by Gasteiger charge is 2.41. The lowest BCUT2D eigenvalue weighted by Gasteiger charge is -2.42. The van der Waals surface area contributed by atoms with Crippen molar-refractivity contribution in [1.29, 1.82) is 0 Å². The van der Waals surface area contributed by atoms with E-state index < -0.39 is 28.4 Å². The van der Waals surface area contributed by atoms with Crippen LogP contribution in [0.15, 0.2) is 71.6 Å². The Bertz CT molecular complexity index is 1670. The van der Waals surface area contributed by atoms with E-state index in [1.807, 2.05) is 43.3 Å². The Morgan fingerprint density at radius 2 is 1.56 bits per heavy atom. The van der Waals surface area contributed by atoms with Gasteiger partial charge in [0.2, 0.25) is 0 Å². The molecule has 0 radical (unpaired) electrons. The molecule has 0 spiro atoms. The maximum atomic E-state index is 12.8. The highest BCUT2D eigenvalue weighted by atomic mass is 32.2. The molecule has 52 heavy (non-hydrogen) atoms. The van der Waals surface area contributed by atoms with Crippen LogP contribution < -0.4 is 9.64 Å². The lowest BCUT2D eigenvalue weighted by Crippen LogP contribution is -2.54. The normalized spacial score (nSPS) is 18.9. The maximum absolute atomic E-state index is 12.8. The largest absolute Gasteiger partial charge is 0.490 e. The molecule has 0 saturated carbocycles. The van der Waals surface area contributed by atoms with Gasteiger partial charge in [-0.2, -0.15) is 8.42 Å². The summed E-state index contributed by atoms with van der Waals surface area (Å²) in [7, 11) is -0.682. The molecule has 1 saturated heterocycles. The van der Waals surface area contributed by atoms with Crippen molar-refractivity contribution in [1.82, 2.24) is 4.90 Å². The molecule has 284 valence electrons. The number of piperidine rings is 1. The molecule has 1 amide bonds. The van der Waals surface area contributed by atoms with E-state index in [1.54, 1.807) is 26.4 Å². The second kappa shape index (κ2) is 19.4. The Morgan fingerprint density at radius 1 is 0.846 bits per heavy atom. The smallest absolute Gasteiger partial charge is 0.407 e. The molecule has 2 aliphatic rings. The number of amides is 1. The van der Waals surface area contributed by atoms with Crippen LogP contribution in [0.25, 0.3) is 0 Å². The predicted molar refractivity (Wildman–Crippen MR) is 194 cm³/mol. The van der Waals surface area contributed by atoms with Gasteiger partial charge in [-0.15, -0.1) is 0 Å². The molecule has 1 N–H and O–H groups in total. The molecule has 3 aromatic rings. The van der Waals surface area contributed by atoms with E-state index in [4.69, 9.17) is 32.6 Å². The first-order valence-corrected chi connectivity index (χ1v) is 18.9. The average molecular weight is 743 g/mol. The van der Waals surface area contributed by atoms with Crippen LogP contribution in [-0.4, -0.2) is 117 Å². The summed E-state index contributed by atoms with van der Waals surface area (Å²) in [6.45, 7) is 6.21. The Kier molecular flexibility index (Phi) is 14.7. The van der Waals surface area contributed by atoms with Crippen LogP contribution in [0, 0.1) is 6.92 Å². The minimum atomic E-state index is -4.00. The zero-order valence-corrected chi connectivity index (χ0v) is 30.9. The third kappa shape index (κ3) is 10.9. The number of carboxylic acid groups (broad SMARTS) is 1. The molecule has 0 unspecified atom stereocenters. The third-order valence-corrected chi connectivity index (χ3v) is 10.5. The van der Waals surface area contributed by atoms with Crippen LogP contribution in [0.2, 0.25) is 0 Å². The van der Waals surface area contributed by atoms with Crippen molar-refractivity contribution < 1.29 is 50.9 Å². The molecule has 0 aliphatic carbocycles. The van der Waals surface area contributed by atoms with Crippen molar-refractivity contribution in [3.05, 3.63) is 89.0 Å². The number of likely N-dealkylation sites (tertiary alicyclic amines) is 1. The average Bonchev–Trinajstić information content (AvgIpc) is 3.14. The summed E-state index contributed by atoms with van der Waals surface area (Å²) in [5.41, 5.74) is 4.71. The van der Waals surface area contributed by atoms with Crippen molar-refractivity contribution in [3.63, 3.8) is 0 Å². The SMILES string of the molecule is COCCCN1CCOc2ccc(CO[C@H]3CN(C(=O)O)C[C@@H](OCCOS(=O)(=O)c4ccc(C)cc4)[C@@H]3c3ccc(COCCOC)cc3)cc21. The molecule has 0 aromatic heterocycles. The van der Waals surface area contributed by atoms with Gasteiger partial charge in [0, 0.05) is 33.3 Å². The van der Waals surface area contributed by atoms with Crippen LogP contribution in [0.5, 0.6) is 5.75 Å². The number of hydrogen-bond donors (Lipinski definition) is 1. The van der Waals surface area contributed by atoms with Crippen LogP contribution in [0.1, 0.15) is 34.6 Å². The molecule has 3 aromatic carbocycles. The van der Waals surface area contributed by atoms with E-state index >= 15 is 0 Å². The van der Waals surface area contributed by atoms with Crippen molar-refractivity contribution in [2.24, 2.45) is 0 Å². The van der Waals surface area contributed by atoms with Gasteiger partial charge in [0.1, 0.15) is 12.4 Å². The second-order valence-electron chi connectivity index (χ2n) is 12.8. The summed E-state index contributed by atoms with van der Waals surface area (Å²) in [5, 5.41) is 10.1. The van der Waals surface area contributed by atoms with Gasteiger partial charge >= 0.3 is 6.09 Å². The highest BCUT2D eigenvalue weighted by molar-refractivity contribution is 7.86. The number of ether oxygens (including phenoxy) is 6. The van der Waals surface area contributed by atoms with Gasteiger partial charge in [0.15, 0.2) is 0 Å². The van der Waals surface area contributed by atoms with Gasteiger partial charge in [-0.25, -0.2) is 4.79 Å². The fourth-order valence-electron chi connectivity index (χ4n) is 6.40. The molecule has 3 atom stereocenters. The molecule has 14 heteroatoms. The first-order valence-electron chi connectivity index (χ1n) is 17.5. The minimum Gasteiger partial charge on any atom is -0.490 e. The van der Waals surface area contributed by atoms with Gasteiger partial charge in [-0.05, 0) is 54.3 Å². The molecule has 2 aliphatic heterocycles. The van der Waals surface area contributed by atoms with Crippen LogP contribution >= 0.6 is 0 Å². The van der Waals surface area contributed by atoms with E-state index in [9.17, 15) is 18.3 Å². The molecular formula is C38H50N2O11S. The van der Waals surface area contributed by atoms with E-state index in [2.05, 4.69) is 11.0 Å². The minimum absolute atomic E-state index is 0.0530. The van der Waals surface area contributed by atoms with Gasteiger partial charge < -0.3 is 43.3 Å². The van der Waals surface area contributed by atoms with E-state index in [0.29, 0.717) is 33.0 Å². The number of nitrogens with zero attached hydrogens (tertiary/aromatic N) is 2. The predicted octanol–water partition coefficient (Wildman–Crippen LogP) is 4.85. The number of aryl methyl sites for hydroxylation is 1. The Balaban J connectivity index is 1.33. The van der Waals surface area contributed by atoms with Crippen LogP contribution in [0.3, 0.4) is 0 Å². The monoisotopic (exact) mass is 742 g/mol. The summed E-state index contributed by atoms with van der Waals surface area (Å²) in [4.78, 5) is 16.0. The second-order valence-corrected chi connectivity index (χ2v) is 14.4. The number of rotatable bonds is 19. The van der Waals surface area contributed by atoms with E-state index in [1.165, 1.54) is 17.0 Å².